The van der Waals surface area contributed by atoms with Crippen LogP contribution in [0.3, 0.4) is 0 Å². The van der Waals surface area contributed by atoms with Crippen LogP contribution in [-0.4, -0.2) is 38.6 Å². The van der Waals surface area contributed by atoms with Crippen LogP contribution in [0.2, 0.25) is 0 Å². The summed E-state index contributed by atoms with van der Waals surface area (Å²) in [5, 5.41) is 9.37. The Morgan fingerprint density at radius 1 is 1.19 bits per heavy atom. The largest absolute Gasteiger partial charge is 0.493 e. The van der Waals surface area contributed by atoms with Crippen LogP contribution in [0.5, 0.6) is 17.2 Å². The van der Waals surface area contributed by atoms with Crippen molar-refractivity contribution in [2.45, 2.75) is 11.1 Å². The molecule has 7 nitrogen and oxygen atoms in total. The average molecular weight is 406 g/mol. The van der Waals surface area contributed by atoms with Crippen LogP contribution in [-0.2, 0) is 4.79 Å². The summed E-state index contributed by atoms with van der Waals surface area (Å²) in [7, 11) is 4.38. The quantitative estimate of drug-likeness (QED) is 0.526. The van der Waals surface area contributed by atoms with Gasteiger partial charge in [0.1, 0.15) is 22.3 Å². The van der Waals surface area contributed by atoms with Crippen molar-refractivity contribution in [2.75, 3.05) is 32.8 Å². The third-order valence-corrected chi connectivity index (χ3v) is 6.18. The number of ketones is 2. The molecule has 2 rings (SSSR count). The first-order valence-electron chi connectivity index (χ1n) is 7.67. The van der Waals surface area contributed by atoms with E-state index in [9.17, 15) is 14.9 Å². The van der Waals surface area contributed by atoms with Gasteiger partial charge < -0.3 is 19.9 Å². The molecule has 2 N–H and O–H groups in total. The zero-order chi connectivity index (χ0) is 20.1. The van der Waals surface area contributed by atoms with Crippen LogP contribution < -0.4 is 19.9 Å². The lowest BCUT2D eigenvalue weighted by Crippen LogP contribution is -2.05. The number of hydrogen-bond donors (Lipinski definition) is 1. The topological polar surface area (TPSA) is 112 Å². The highest BCUT2D eigenvalue weighted by Gasteiger charge is 2.25. The van der Waals surface area contributed by atoms with Crippen LogP contribution in [0.15, 0.2) is 16.3 Å². The minimum atomic E-state index is -0.372. The second-order valence-electron chi connectivity index (χ2n) is 5.35. The zero-order valence-electron chi connectivity index (χ0n) is 15.2. The van der Waals surface area contributed by atoms with E-state index in [0.29, 0.717) is 21.5 Å². The summed E-state index contributed by atoms with van der Waals surface area (Å²) >= 11 is 2.29. The maximum Gasteiger partial charge on any atom is 0.205 e. The molecule has 0 fully saturated rings. The van der Waals surface area contributed by atoms with E-state index in [1.807, 2.05) is 6.07 Å². The van der Waals surface area contributed by atoms with Gasteiger partial charge in [-0.25, -0.2) is 0 Å². The molecule has 0 saturated heterocycles. The van der Waals surface area contributed by atoms with Gasteiger partial charge in [0, 0.05) is 5.56 Å². The van der Waals surface area contributed by atoms with E-state index < -0.39 is 0 Å². The summed E-state index contributed by atoms with van der Waals surface area (Å²) in [5.41, 5.74) is 6.63. The highest BCUT2D eigenvalue weighted by molar-refractivity contribution is 8.01. The molecule has 1 aromatic heterocycles. The fraction of sp³-hybridized carbons (Fsp3) is 0.278. The second kappa shape index (κ2) is 8.79. The lowest BCUT2D eigenvalue weighted by Gasteiger charge is -2.13. The number of ether oxygens (including phenoxy) is 3. The van der Waals surface area contributed by atoms with Crippen molar-refractivity contribution >= 4 is 40.4 Å². The van der Waals surface area contributed by atoms with Crippen molar-refractivity contribution < 1.29 is 23.8 Å². The molecule has 0 bridgehead atoms. The average Bonchev–Trinajstić information content (AvgIpc) is 2.99. The SMILES string of the molecule is COc1cc(C(=O)c2sc(SCC(C)=O)c(C#N)c2N)cc(OC)c1OC. The van der Waals surface area contributed by atoms with Gasteiger partial charge in [-0.2, -0.15) is 5.26 Å². The lowest BCUT2D eigenvalue weighted by atomic mass is 10.1. The highest BCUT2D eigenvalue weighted by atomic mass is 32.2. The van der Waals surface area contributed by atoms with Gasteiger partial charge in [-0.15, -0.1) is 23.1 Å². The molecule has 0 unspecified atom stereocenters. The molecule has 0 radical (unpaired) electrons. The number of carbonyl (C=O) groups is 2. The summed E-state index contributed by atoms with van der Waals surface area (Å²) in [5.74, 6) is 0.832. The Labute approximate surface area is 165 Å². The molecular formula is C18H18N2O5S2. The number of anilines is 1. The minimum absolute atomic E-state index is 0.0339. The van der Waals surface area contributed by atoms with E-state index in [0.717, 1.165) is 11.3 Å². The van der Waals surface area contributed by atoms with Crippen molar-refractivity contribution in [3.05, 3.63) is 28.1 Å². The predicted octanol–water partition coefficient (Wildman–Crippen LogP) is 3.14. The Morgan fingerprint density at radius 3 is 2.22 bits per heavy atom. The van der Waals surface area contributed by atoms with Crippen LogP contribution >= 0.6 is 23.1 Å². The van der Waals surface area contributed by atoms with Gasteiger partial charge in [0.15, 0.2) is 11.5 Å². The molecule has 1 aromatic carbocycles. The standard InChI is InChI=1S/C18H18N2O5S2/c1-9(21)8-26-18-11(7-19)14(20)17(27-18)15(22)10-5-12(23-2)16(25-4)13(6-10)24-3/h5-6H,8,20H2,1-4H3. The lowest BCUT2D eigenvalue weighted by molar-refractivity contribution is -0.114. The minimum Gasteiger partial charge on any atom is -0.493 e. The van der Waals surface area contributed by atoms with Gasteiger partial charge in [0.2, 0.25) is 11.5 Å². The number of hydrogen-bond acceptors (Lipinski definition) is 9. The molecular weight excluding hydrogens is 388 g/mol. The van der Waals surface area contributed by atoms with E-state index in [-0.39, 0.29) is 39.0 Å². The first kappa shape index (κ1) is 20.6. The van der Waals surface area contributed by atoms with Crippen molar-refractivity contribution in [2.24, 2.45) is 0 Å². The zero-order valence-corrected chi connectivity index (χ0v) is 16.9. The molecule has 2 aromatic rings. The third kappa shape index (κ3) is 4.18. The second-order valence-corrected chi connectivity index (χ2v) is 7.62. The number of nitriles is 1. The number of carbonyl (C=O) groups excluding carboxylic acids is 2. The fourth-order valence-corrected chi connectivity index (χ4v) is 4.47. The first-order chi connectivity index (χ1) is 12.9. The van der Waals surface area contributed by atoms with E-state index in [2.05, 4.69) is 0 Å². The van der Waals surface area contributed by atoms with Crippen LogP contribution in [0.1, 0.15) is 27.7 Å². The van der Waals surface area contributed by atoms with Gasteiger partial charge in [-0.1, -0.05) is 0 Å². The number of nitrogens with zero attached hydrogens (tertiary/aromatic N) is 1. The molecule has 9 heteroatoms. The van der Waals surface area contributed by atoms with Crippen LogP contribution in [0, 0.1) is 11.3 Å². The molecule has 0 spiro atoms. The van der Waals surface area contributed by atoms with E-state index in [1.165, 1.54) is 52.1 Å². The summed E-state index contributed by atoms with van der Waals surface area (Å²) in [6.07, 6.45) is 0. The molecule has 0 amide bonds. The smallest absolute Gasteiger partial charge is 0.205 e. The van der Waals surface area contributed by atoms with Crippen LogP contribution in [0.25, 0.3) is 0 Å². The maximum atomic E-state index is 13.0. The molecule has 142 valence electrons. The monoisotopic (exact) mass is 406 g/mol. The number of methoxy groups -OCH3 is 3. The fourth-order valence-electron chi connectivity index (χ4n) is 2.31. The maximum absolute atomic E-state index is 13.0. The van der Waals surface area contributed by atoms with Gasteiger partial charge in [-0.3, -0.25) is 9.59 Å². The number of nitrogen functional groups attached to an aromatic ring is 1. The van der Waals surface area contributed by atoms with Crippen molar-refractivity contribution in [3.63, 3.8) is 0 Å². The molecule has 0 aliphatic heterocycles. The molecule has 1 heterocycles. The number of benzene rings is 1. The van der Waals surface area contributed by atoms with E-state index in [4.69, 9.17) is 19.9 Å². The highest BCUT2D eigenvalue weighted by Crippen LogP contribution is 2.42. The van der Waals surface area contributed by atoms with Crippen molar-refractivity contribution in [1.29, 1.82) is 5.26 Å². The third-order valence-electron chi connectivity index (χ3n) is 3.56. The number of rotatable bonds is 8. The van der Waals surface area contributed by atoms with E-state index in [1.54, 1.807) is 0 Å². The summed E-state index contributed by atoms with van der Waals surface area (Å²) in [4.78, 5) is 24.5. The van der Waals surface area contributed by atoms with Crippen LogP contribution in [0.4, 0.5) is 5.69 Å². The van der Waals surface area contributed by atoms with E-state index >= 15 is 0 Å². The predicted molar refractivity (Wildman–Crippen MR) is 104 cm³/mol. The molecule has 0 aliphatic rings. The Hall–Kier alpha value is -2.70. The van der Waals surface area contributed by atoms with Gasteiger partial charge in [-0.05, 0) is 19.1 Å². The molecule has 27 heavy (non-hydrogen) atoms. The summed E-state index contributed by atoms with van der Waals surface area (Å²) in [6, 6.07) is 5.06. The number of nitrogens with two attached hydrogens (primary N) is 1. The number of Topliss-reactive ketones (excluding diaryl/α,β-unsaturated/α-hetero) is 1. The van der Waals surface area contributed by atoms with Gasteiger partial charge >= 0.3 is 0 Å². The Kier molecular flexibility index (Phi) is 6.71. The molecule has 0 aliphatic carbocycles. The molecule has 0 saturated carbocycles. The summed E-state index contributed by atoms with van der Waals surface area (Å²) < 4.78 is 16.3. The van der Waals surface area contributed by atoms with Gasteiger partial charge in [0.05, 0.1) is 37.0 Å². The Balaban J connectivity index is 2.52. The van der Waals surface area contributed by atoms with Crippen molar-refractivity contribution in [1.82, 2.24) is 0 Å². The molecule has 0 atom stereocenters. The number of thioether (sulfide) groups is 1. The Bertz CT molecular complexity index is 906. The summed E-state index contributed by atoms with van der Waals surface area (Å²) in [6.45, 7) is 1.46. The Morgan fingerprint density at radius 2 is 1.78 bits per heavy atom. The first-order valence-corrected chi connectivity index (χ1v) is 9.47. The van der Waals surface area contributed by atoms with Crippen molar-refractivity contribution in [3.8, 4) is 23.3 Å². The van der Waals surface area contributed by atoms with Gasteiger partial charge in [0.25, 0.3) is 0 Å². The number of thiophene rings is 1. The normalized spacial score (nSPS) is 10.2.